The van der Waals surface area contributed by atoms with E-state index in [-0.39, 0.29) is 22.3 Å². The summed E-state index contributed by atoms with van der Waals surface area (Å²) in [5.74, 6) is 0. The fraction of sp³-hybridized carbons (Fsp3) is 1.00. The van der Waals surface area contributed by atoms with Crippen molar-refractivity contribution in [3.05, 3.63) is 0 Å². The average molecular weight is 199 g/mol. The third kappa shape index (κ3) is 1.49. The smallest absolute Gasteiger partial charge is 0.0624 e. The molecule has 1 heterocycles. The van der Waals surface area contributed by atoms with Crippen LogP contribution in [0.1, 0.15) is 41.5 Å². The molecule has 1 fully saturated rings. The fourth-order valence-electron chi connectivity index (χ4n) is 3.27. The van der Waals surface area contributed by atoms with E-state index in [1.54, 1.807) is 0 Å². The van der Waals surface area contributed by atoms with Crippen LogP contribution in [-0.4, -0.2) is 19.3 Å². The highest BCUT2D eigenvalue weighted by Gasteiger charge is 2.57. The molecule has 0 aromatic heterocycles. The Labute approximate surface area is 88.2 Å². The Bertz CT molecular complexity index is 195. The molecule has 0 radical (unpaired) electrons. The zero-order valence-electron chi connectivity index (χ0n) is 10.5. The molecule has 0 aromatic rings. The van der Waals surface area contributed by atoms with Crippen LogP contribution in [-0.2, 0) is 4.74 Å². The maximum absolute atomic E-state index is 6.26. The van der Waals surface area contributed by atoms with Gasteiger partial charge in [0.15, 0.2) is 0 Å². The number of hydrogen-bond donors (Lipinski definition) is 1. The van der Waals surface area contributed by atoms with Crippen LogP contribution in [0.3, 0.4) is 0 Å². The van der Waals surface area contributed by atoms with Crippen molar-refractivity contribution in [2.45, 2.75) is 47.6 Å². The molecule has 1 saturated heterocycles. The lowest BCUT2D eigenvalue weighted by Crippen LogP contribution is -2.57. The van der Waals surface area contributed by atoms with Gasteiger partial charge in [-0.25, -0.2) is 0 Å². The lowest BCUT2D eigenvalue weighted by Gasteiger charge is -2.53. The standard InChI is InChI=1S/C12H25NO/c1-10(2,3)12(11(4,5)6)8-14-7-9(12)13/h9H,7-8,13H2,1-6H3. The molecule has 1 aliphatic heterocycles. The maximum Gasteiger partial charge on any atom is 0.0624 e. The molecular weight excluding hydrogens is 174 g/mol. The molecule has 0 spiro atoms. The highest BCUT2D eigenvalue weighted by molar-refractivity contribution is 5.07. The summed E-state index contributed by atoms with van der Waals surface area (Å²) >= 11 is 0. The second-order valence-corrected chi connectivity index (χ2v) is 6.59. The summed E-state index contributed by atoms with van der Waals surface area (Å²) in [5, 5.41) is 0. The molecule has 1 atom stereocenters. The molecule has 1 aliphatic rings. The van der Waals surface area contributed by atoms with Crippen molar-refractivity contribution >= 4 is 0 Å². The third-order valence-electron chi connectivity index (χ3n) is 3.94. The minimum Gasteiger partial charge on any atom is -0.379 e. The van der Waals surface area contributed by atoms with Crippen LogP contribution < -0.4 is 5.73 Å². The Kier molecular flexibility index (Phi) is 2.75. The van der Waals surface area contributed by atoms with Gasteiger partial charge in [0.25, 0.3) is 0 Å². The van der Waals surface area contributed by atoms with E-state index in [1.165, 1.54) is 0 Å². The molecule has 2 nitrogen and oxygen atoms in total. The van der Waals surface area contributed by atoms with E-state index in [9.17, 15) is 0 Å². The lowest BCUT2D eigenvalue weighted by molar-refractivity contribution is -0.0463. The van der Waals surface area contributed by atoms with Crippen LogP contribution in [0.2, 0.25) is 0 Å². The summed E-state index contributed by atoms with van der Waals surface area (Å²) in [6.07, 6.45) is 0. The van der Waals surface area contributed by atoms with E-state index >= 15 is 0 Å². The second-order valence-electron chi connectivity index (χ2n) is 6.59. The van der Waals surface area contributed by atoms with Gasteiger partial charge in [-0.3, -0.25) is 0 Å². The molecule has 0 amide bonds. The quantitative estimate of drug-likeness (QED) is 0.650. The van der Waals surface area contributed by atoms with Crippen molar-refractivity contribution in [2.75, 3.05) is 13.2 Å². The first-order valence-electron chi connectivity index (χ1n) is 5.46. The second kappa shape index (κ2) is 3.21. The summed E-state index contributed by atoms with van der Waals surface area (Å²) in [4.78, 5) is 0. The third-order valence-corrected chi connectivity index (χ3v) is 3.94. The van der Waals surface area contributed by atoms with Gasteiger partial charge >= 0.3 is 0 Å². The Morgan fingerprint density at radius 1 is 1.07 bits per heavy atom. The minimum atomic E-state index is 0.0833. The highest BCUT2D eigenvalue weighted by Crippen LogP contribution is 2.55. The first kappa shape index (κ1) is 12.0. The largest absolute Gasteiger partial charge is 0.379 e. The normalized spacial score (nSPS) is 28.1. The van der Waals surface area contributed by atoms with Crippen molar-refractivity contribution in [3.8, 4) is 0 Å². The number of rotatable bonds is 0. The highest BCUT2D eigenvalue weighted by atomic mass is 16.5. The Morgan fingerprint density at radius 3 is 1.64 bits per heavy atom. The van der Waals surface area contributed by atoms with Gasteiger partial charge in [-0.05, 0) is 10.8 Å². The molecule has 2 heteroatoms. The predicted molar refractivity (Wildman–Crippen MR) is 60.1 cm³/mol. The molecule has 1 unspecified atom stereocenters. The SMILES string of the molecule is CC(C)(C)C1(C(C)(C)C)COCC1N. The van der Waals surface area contributed by atoms with Crippen LogP contribution in [0.15, 0.2) is 0 Å². The summed E-state index contributed by atoms with van der Waals surface area (Å²) < 4.78 is 5.60. The zero-order valence-corrected chi connectivity index (χ0v) is 10.5. The molecule has 0 bridgehead atoms. The number of hydrogen-bond acceptors (Lipinski definition) is 2. The van der Waals surface area contributed by atoms with Crippen LogP contribution in [0.25, 0.3) is 0 Å². The van der Waals surface area contributed by atoms with Gasteiger partial charge in [0.05, 0.1) is 13.2 Å². The van der Waals surface area contributed by atoms with Crippen molar-refractivity contribution in [3.63, 3.8) is 0 Å². The van der Waals surface area contributed by atoms with Gasteiger partial charge in [0.2, 0.25) is 0 Å². The first-order valence-corrected chi connectivity index (χ1v) is 5.46. The average Bonchev–Trinajstić information content (AvgIpc) is 2.27. The molecule has 2 N–H and O–H groups in total. The molecule has 0 aliphatic carbocycles. The van der Waals surface area contributed by atoms with Crippen LogP contribution >= 0.6 is 0 Å². The predicted octanol–water partition coefficient (Wildman–Crippen LogP) is 2.42. The van der Waals surface area contributed by atoms with Crippen LogP contribution in [0, 0.1) is 16.2 Å². The van der Waals surface area contributed by atoms with Crippen LogP contribution in [0.4, 0.5) is 0 Å². The Hall–Kier alpha value is -0.0800. The summed E-state index contributed by atoms with van der Waals surface area (Å²) in [7, 11) is 0. The first-order chi connectivity index (χ1) is 6.13. The van der Waals surface area contributed by atoms with E-state index in [2.05, 4.69) is 41.5 Å². The van der Waals surface area contributed by atoms with E-state index < -0.39 is 0 Å². The van der Waals surface area contributed by atoms with Crippen molar-refractivity contribution < 1.29 is 4.74 Å². The molecule has 14 heavy (non-hydrogen) atoms. The Balaban J connectivity index is 3.16. The summed E-state index contributed by atoms with van der Waals surface area (Å²) in [6.45, 7) is 15.1. The fourth-order valence-corrected chi connectivity index (χ4v) is 3.27. The molecule has 0 aromatic carbocycles. The van der Waals surface area contributed by atoms with Gasteiger partial charge < -0.3 is 10.5 Å². The number of nitrogens with two attached hydrogens (primary N) is 1. The zero-order chi connectivity index (χ0) is 11.2. The van der Waals surface area contributed by atoms with Crippen molar-refractivity contribution in [1.82, 2.24) is 0 Å². The van der Waals surface area contributed by atoms with Crippen molar-refractivity contribution in [1.29, 1.82) is 0 Å². The topological polar surface area (TPSA) is 35.2 Å². The van der Waals surface area contributed by atoms with Crippen LogP contribution in [0.5, 0.6) is 0 Å². The monoisotopic (exact) mass is 199 g/mol. The molecule has 0 saturated carbocycles. The number of ether oxygens (including phenoxy) is 1. The van der Waals surface area contributed by atoms with Gasteiger partial charge in [-0.1, -0.05) is 41.5 Å². The lowest BCUT2D eigenvalue weighted by atomic mass is 9.52. The summed E-state index contributed by atoms with van der Waals surface area (Å²) in [6, 6.07) is 0.155. The summed E-state index contributed by atoms with van der Waals surface area (Å²) in [5.41, 5.74) is 6.71. The van der Waals surface area contributed by atoms with E-state index in [0.29, 0.717) is 6.61 Å². The maximum atomic E-state index is 6.26. The van der Waals surface area contributed by atoms with E-state index in [4.69, 9.17) is 10.5 Å². The van der Waals surface area contributed by atoms with Gasteiger partial charge in [-0.2, -0.15) is 0 Å². The van der Waals surface area contributed by atoms with Gasteiger partial charge in [0.1, 0.15) is 0 Å². The minimum absolute atomic E-state index is 0.0833. The Morgan fingerprint density at radius 2 is 1.50 bits per heavy atom. The van der Waals surface area contributed by atoms with E-state index in [0.717, 1.165) is 6.61 Å². The van der Waals surface area contributed by atoms with Gasteiger partial charge in [-0.15, -0.1) is 0 Å². The molecule has 1 rings (SSSR count). The van der Waals surface area contributed by atoms with Crippen molar-refractivity contribution in [2.24, 2.45) is 22.0 Å². The van der Waals surface area contributed by atoms with Gasteiger partial charge in [0, 0.05) is 11.5 Å². The van der Waals surface area contributed by atoms with E-state index in [1.807, 2.05) is 0 Å². The molecular formula is C12H25NO. The molecule has 84 valence electrons.